The van der Waals surface area contributed by atoms with Crippen LogP contribution in [0.25, 0.3) is 11.0 Å². The van der Waals surface area contributed by atoms with Crippen LogP contribution in [0.5, 0.6) is 0 Å². The Hall–Kier alpha value is -2.17. The Morgan fingerprint density at radius 3 is 2.53 bits per heavy atom. The highest BCUT2D eigenvalue weighted by Crippen LogP contribution is 2.14. The molecule has 2 aromatic rings. The van der Waals surface area contributed by atoms with E-state index in [1.54, 1.807) is 12.1 Å². The van der Waals surface area contributed by atoms with Gasteiger partial charge in [0.1, 0.15) is 5.65 Å². The van der Waals surface area contributed by atoms with Crippen molar-refractivity contribution in [1.82, 2.24) is 9.55 Å². The summed E-state index contributed by atoms with van der Waals surface area (Å²) in [6.07, 6.45) is 0. The normalized spacial score (nSPS) is 11.0. The van der Waals surface area contributed by atoms with Crippen molar-refractivity contribution in [3.63, 3.8) is 0 Å². The summed E-state index contributed by atoms with van der Waals surface area (Å²) < 4.78 is 1.49. The number of carboxylic acids is 1. The van der Waals surface area contributed by atoms with E-state index < -0.39 is 5.97 Å². The number of nitrogens with zero attached hydrogens (tertiary/aromatic N) is 2. The molecule has 0 aliphatic rings. The van der Waals surface area contributed by atoms with Crippen LogP contribution in [0.15, 0.2) is 29.1 Å². The van der Waals surface area contributed by atoms with Crippen molar-refractivity contribution in [3.05, 3.63) is 40.3 Å². The number of pyridine rings is 2. The Bertz CT molecular complexity index is 644. The molecule has 0 radical (unpaired) electrons. The number of aromatic carboxylic acids is 1. The first-order chi connectivity index (χ1) is 8.00. The fourth-order valence-electron chi connectivity index (χ4n) is 1.75. The highest BCUT2D eigenvalue weighted by Gasteiger charge is 2.11. The molecule has 0 bridgehead atoms. The molecule has 1 N–H and O–H groups in total. The van der Waals surface area contributed by atoms with Gasteiger partial charge in [-0.15, -0.1) is 0 Å². The van der Waals surface area contributed by atoms with E-state index in [9.17, 15) is 9.59 Å². The molecule has 0 saturated carbocycles. The third-order valence-corrected chi connectivity index (χ3v) is 2.51. The first kappa shape index (κ1) is 11.3. The van der Waals surface area contributed by atoms with Gasteiger partial charge >= 0.3 is 5.97 Å². The number of rotatable bonds is 2. The molecular formula is C12H12N2O3. The summed E-state index contributed by atoms with van der Waals surface area (Å²) in [6, 6.07) is 6.13. The van der Waals surface area contributed by atoms with Crippen LogP contribution < -0.4 is 5.56 Å². The molecule has 2 heterocycles. The molecule has 88 valence electrons. The van der Waals surface area contributed by atoms with Crippen LogP contribution in [0.4, 0.5) is 0 Å². The number of hydrogen-bond donors (Lipinski definition) is 1. The molecule has 0 aromatic carbocycles. The van der Waals surface area contributed by atoms with Gasteiger partial charge in [0.15, 0.2) is 5.69 Å². The SMILES string of the molecule is CC(C)n1c(=O)ccc2ccc(C(=O)O)nc21. The topological polar surface area (TPSA) is 72.2 Å². The lowest BCUT2D eigenvalue weighted by Crippen LogP contribution is -2.22. The molecular weight excluding hydrogens is 220 g/mol. The van der Waals surface area contributed by atoms with Crippen LogP contribution in [0.3, 0.4) is 0 Å². The molecule has 0 fully saturated rings. The van der Waals surface area contributed by atoms with E-state index >= 15 is 0 Å². The summed E-state index contributed by atoms with van der Waals surface area (Å²) in [6.45, 7) is 3.71. The number of hydrogen-bond acceptors (Lipinski definition) is 3. The van der Waals surface area contributed by atoms with Crippen LogP contribution in [-0.2, 0) is 0 Å². The first-order valence-corrected chi connectivity index (χ1v) is 5.26. The molecule has 17 heavy (non-hydrogen) atoms. The zero-order chi connectivity index (χ0) is 12.6. The largest absolute Gasteiger partial charge is 0.477 e. The maximum atomic E-state index is 11.7. The standard InChI is InChI=1S/C12H12N2O3/c1-7(2)14-10(15)6-4-8-3-5-9(12(16)17)13-11(8)14/h3-7H,1-2H3,(H,16,17). The predicted octanol–water partition coefficient (Wildman–Crippen LogP) is 1.68. The van der Waals surface area contributed by atoms with Gasteiger partial charge < -0.3 is 5.11 Å². The summed E-state index contributed by atoms with van der Waals surface area (Å²) in [4.78, 5) is 26.6. The zero-order valence-corrected chi connectivity index (χ0v) is 9.54. The van der Waals surface area contributed by atoms with Crippen LogP contribution in [0, 0.1) is 0 Å². The average Bonchev–Trinajstić information content (AvgIpc) is 2.27. The summed E-state index contributed by atoms with van der Waals surface area (Å²) in [5, 5.41) is 9.65. The smallest absolute Gasteiger partial charge is 0.354 e. The molecule has 5 heteroatoms. The van der Waals surface area contributed by atoms with Crippen molar-refractivity contribution in [2.45, 2.75) is 19.9 Å². The fourth-order valence-corrected chi connectivity index (χ4v) is 1.75. The number of aromatic nitrogens is 2. The highest BCUT2D eigenvalue weighted by molar-refractivity contribution is 5.88. The van der Waals surface area contributed by atoms with E-state index in [0.29, 0.717) is 5.65 Å². The van der Waals surface area contributed by atoms with Gasteiger partial charge in [-0.3, -0.25) is 9.36 Å². The first-order valence-electron chi connectivity index (χ1n) is 5.26. The molecule has 0 spiro atoms. The monoisotopic (exact) mass is 232 g/mol. The van der Waals surface area contributed by atoms with Crippen LogP contribution in [-0.4, -0.2) is 20.6 Å². The average molecular weight is 232 g/mol. The van der Waals surface area contributed by atoms with Crippen molar-refractivity contribution in [2.75, 3.05) is 0 Å². The van der Waals surface area contributed by atoms with E-state index in [1.807, 2.05) is 13.8 Å². The minimum Gasteiger partial charge on any atom is -0.477 e. The number of carboxylic acid groups (broad SMARTS) is 1. The minimum atomic E-state index is -1.10. The lowest BCUT2D eigenvalue weighted by atomic mass is 10.2. The maximum Gasteiger partial charge on any atom is 0.354 e. The molecule has 0 aliphatic carbocycles. The lowest BCUT2D eigenvalue weighted by Gasteiger charge is -2.12. The van der Waals surface area contributed by atoms with Gasteiger partial charge in [0, 0.05) is 17.5 Å². The minimum absolute atomic E-state index is 0.0579. The summed E-state index contributed by atoms with van der Waals surface area (Å²) in [5.41, 5.74) is 0.174. The number of carbonyl (C=O) groups is 1. The van der Waals surface area contributed by atoms with Gasteiger partial charge in [0.25, 0.3) is 5.56 Å². The molecule has 0 aliphatic heterocycles. The van der Waals surface area contributed by atoms with E-state index in [2.05, 4.69) is 4.98 Å². The third-order valence-electron chi connectivity index (χ3n) is 2.51. The molecule has 0 saturated heterocycles. The van der Waals surface area contributed by atoms with Crippen LogP contribution >= 0.6 is 0 Å². The quantitative estimate of drug-likeness (QED) is 0.854. The van der Waals surface area contributed by atoms with Crippen LogP contribution in [0.1, 0.15) is 30.4 Å². The molecule has 0 atom stereocenters. The maximum absolute atomic E-state index is 11.7. The third kappa shape index (κ3) is 1.91. The molecule has 2 aromatic heterocycles. The van der Waals surface area contributed by atoms with Gasteiger partial charge in [-0.25, -0.2) is 9.78 Å². The van der Waals surface area contributed by atoms with E-state index in [-0.39, 0.29) is 17.3 Å². The van der Waals surface area contributed by atoms with E-state index in [4.69, 9.17) is 5.11 Å². The second kappa shape index (κ2) is 4.01. The Labute approximate surface area is 97.3 Å². The molecule has 2 rings (SSSR count). The van der Waals surface area contributed by atoms with Gasteiger partial charge in [-0.2, -0.15) is 0 Å². The molecule has 0 amide bonds. The summed E-state index contributed by atoms with van der Waals surface area (Å²) >= 11 is 0. The summed E-state index contributed by atoms with van der Waals surface area (Å²) in [5.74, 6) is -1.10. The van der Waals surface area contributed by atoms with Crippen molar-refractivity contribution in [3.8, 4) is 0 Å². The number of fused-ring (bicyclic) bond motifs is 1. The van der Waals surface area contributed by atoms with Crippen LogP contribution in [0.2, 0.25) is 0 Å². The fraction of sp³-hybridized carbons (Fsp3) is 0.250. The van der Waals surface area contributed by atoms with Crippen molar-refractivity contribution in [2.24, 2.45) is 0 Å². The molecule has 5 nitrogen and oxygen atoms in total. The summed E-state index contributed by atoms with van der Waals surface area (Å²) in [7, 11) is 0. The van der Waals surface area contributed by atoms with E-state index in [1.165, 1.54) is 16.7 Å². The predicted molar refractivity (Wildman–Crippen MR) is 63.3 cm³/mol. The Kier molecular flexibility index (Phi) is 2.67. The van der Waals surface area contributed by atoms with Crippen molar-refractivity contribution >= 4 is 17.0 Å². The van der Waals surface area contributed by atoms with E-state index in [0.717, 1.165) is 5.39 Å². The second-order valence-corrected chi connectivity index (χ2v) is 4.05. The zero-order valence-electron chi connectivity index (χ0n) is 9.54. The van der Waals surface area contributed by atoms with Gasteiger partial charge in [-0.1, -0.05) is 0 Å². The van der Waals surface area contributed by atoms with Crippen molar-refractivity contribution < 1.29 is 9.90 Å². The lowest BCUT2D eigenvalue weighted by molar-refractivity contribution is 0.0691. The van der Waals surface area contributed by atoms with Gasteiger partial charge in [-0.05, 0) is 32.0 Å². The Morgan fingerprint density at radius 1 is 1.29 bits per heavy atom. The van der Waals surface area contributed by atoms with Gasteiger partial charge in [0.2, 0.25) is 0 Å². The van der Waals surface area contributed by atoms with Gasteiger partial charge in [0.05, 0.1) is 0 Å². The Balaban J connectivity index is 2.85. The van der Waals surface area contributed by atoms with Crippen molar-refractivity contribution in [1.29, 1.82) is 0 Å². The molecule has 0 unspecified atom stereocenters. The Morgan fingerprint density at radius 2 is 1.94 bits per heavy atom. The highest BCUT2D eigenvalue weighted by atomic mass is 16.4. The second-order valence-electron chi connectivity index (χ2n) is 4.05.